The first-order valence-corrected chi connectivity index (χ1v) is 2.78. The fourth-order valence-corrected chi connectivity index (χ4v) is 0.647. The molecule has 1 heterocycles. The van der Waals surface area contributed by atoms with Crippen LogP contribution in [0.3, 0.4) is 0 Å². The van der Waals surface area contributed by atoms with Crippen molar-refractivity contribution in [2.24, 2.45) is 10.9 Å². The topological polar surface area (TPSA) is 64.7 Å². The van der Waals surface area contributed by atoms with Crippen LogP contribution in [0.4, 0.5) is 0 Å². The van der Waals surface area contributed by atoms with Crippen molar-refractivity contribution in [3.8, 4) is 0 Å². The van der Waals surface area contributed by atoms with Crippen molar-refractivity contribution in [3.63, 3.8) is 0 Å². The van der Waals surface area contributed by atoms with Crippen molar-refractivity contribution in [3.05, 3.63) is 0 Å². The van der Waals surface area contributed by atoms with Gasteiger partial charge in [0.15, 0.2) is 0 Å². The molecule has 1 aliphatic heterocycles. The molecule has 0 aromatic carbocycles. The minimum atomic E-state index is -0.279. The summed E-state index contributed by atoms with van der Waals surface area (Å²) in [5, 5.41) is 3.49. The number of carbonyl (C=O) groups excluding carboxylic acids is 1. The molecule has 0 unspecified atom stereocenters. The van der Waals surface area contributed by atoms with Crippen molar-refractivity contribution in [2.75, 3.05) is 6.54 Å². The Bertz CT molecular complexity index is 153. The van der Waals surface area contributed by atoms with Crippen LogP contribution < -0.4 is 5.73 Å². The van der Waals surface area contributed by atoms with Crippen LogP contribution in [0.2, 0.25) is 0 Å². The number of nitrogens with zero attached hydrogens (tertiary/aromatic N) is 1. The summed E-state index contributed by atoms with van der Waals surface area (Å²) < 4.78 is 0. The summed E-state index contributed by atoms with van der Waals surface area (Å²) in [5.74, 6) is -0.279. The Morgan fingerprint density at radius 2 is 2.56 bits per heavy atom. The van der Waals surface area contributed by atoms with Crippen LogP contribution in [-0.4, -0.2) is 18.2 Å². The van der Waals surface area contributed by atoms with E-state index in [-0.39, 0.29) is 5.97 Å². The lowest BCUT2D eigenvalue weighted by Gasteiger charge is -1.87. The number of nitrogens with two attached hydrogens (primary N) is 1. The van der Waals surface area contributed by atoms with Crippen LogP contribution in [0, 0.1) is 0 Å². The summed E-state index contributed by atoms with van der Waals surface area (Å²) >= 11 is 0. The first-order chi connectivity index (χ1) is 4.33. The minimum Gasteiger partial charge on any atom is -0.330 e. The Balaban J connectivity index is 2.36. The average molecular weight is 128 g/mol. The van der Waals surface area contributed by atoms with E-state index in [0.29, 0.717) is 19.4 Å². The summed E-state index contributed by atoms with van der Waals surface area (Å²) in [6, 6.07) is 0. The fraction of sp³-hybridized carbons (Fsp3) is 0.600. The van der Waals surface area contributed by atoms with E-state index in [9.17, 15) is 4.79 Å². The third kappa shape index (κ3) is 1.50. The first kappa shape index (κ1) is 6.22. The summed E-state index contributed by atoms with van der Waals surface area (Å²) in [6.07, 6.45) is 0.975. The van der Waals surface area contributed by atoms with Gasteiger partial charge in [0.05, 0.1) is 12.1 Å². The van der Waals surface area contributed by atoms with Crippen LogP contribution in [-0.2, 0) is 9.63 Å². The average Bonchev–Trinajstić information content (AvgIpc) is 2.17. The Hall–Kier alpha value is -0.900. The summed E-state index contributed by atoms with van der Waals surface area (Å²) in [5.41, 5.74) is 5.96. The predicted molar refractivity (Wildman–Crippen MR) is 31.8 cm³/mol. The van der Waals surface area contributed by atoms with E-state index < -0.39 is 0 Å². The van der Waals surface area contributed by atoms with E-state index in [1.165, 1.54) is 0 Å². The quantitative estimate of drug-likeness (QED) is 0.516. The third-order valence-electron chi connectivity index (χ3n) is 1.06. The van der Waals surface area contributed by atoms with Crippen LogP contribution in [0.15, 0.2) is 5.16 Å². The zero-order chi connectivity index (χ0) is 6.69. The molecule has 0 aliphatic carbocycles. The summed E-state index contributed by atoms with van der Waals surface area (Å²) in [6.45, 7) is 0.523. The van der Waals surface area contributed by atoms with Gasteiger partial charge in [-0.05, 0) is 6.54 Å². The zero-order valence-corrected chi connectivity index (χ0v) is 4.96. The van der Waals surface area contributed by atoms with Gasteiger partial charge in [0.25, 0.3) is 0 Å². The highest BCUT2D eigenvalue weighted by Crippen LogP contribution is 2.03. The van der Waals surface area contributed by atoms with Gasteiger partial charge in [-0.25, -0.2) is 4.79 Å². The molecule has 0 aromatic rings. The number of oxime groups is 1. The Morgan fingerprint density at radius 3 is 3.00 bits per heavy atom. The van der Waals surface area contributed by atoms with Gasteiger partial charge < -0.3 is 10.6 Å². The van der Waals surface area contributed by atoms with Crippen LogP contribution >= 0.6 is 0 Å². The lowest BCUT2D eigenvalue weighted by molar-refractivity contribution is -0.140. The van der Waals surface area contributed by atoms with Gasteiger partial charge in [0.1, 0.15) is 0 Å². The molecule has 0 fully saturated rings. The van der Waals surface area contributed by atoms with E-state index in [1.54, 1.807) is 0 Å². The molecule has 2 N–H and O–H groups in total. The molecule has 4 nitrogen and oxygen atoms in total. The van der Waals surface area contributed by atoms with Gasteiger partial charge in [-0.2, -0.15) is 0 Å². The maximum atomic E-state index is 10.4. The van der Waals surface area contributed by atoms with E-state index in [2.05, 4.69) is 9.99 Å². The molecule has 9 heavy (non-hydrogen) atoms. The smallest absolute Gasteiger partial charge is 0.330 e. The maximum Gasteiger partial charge on any atom is 0.340 e. The van der Waals surface area contributed by atoms with Crippen LogP contribution in [0.5, 0.6) is 0 Å². The molecule has 0 spiro atoms. The lowest BCUT2D eigenvalue weighted by Crippen LogP contribution is -2.06. The second-order valence-electron chi connectivity index (χ2n) is 1.84. The van der Waals surface area contributed by atoms with Crippen LogP contribution in [0.1, 0.15) is 12.8 Å². The van der Waals surface area contributed by atoms with Gasteiger partial charge in [0.2, 0.25) is 0 Å². The highest BCUT2D eigenvalue weighted by Gasteiger charge is 2.15. The third-order valence-corrected chi connectivity index (χ3v) is 1.06. The van der Waals surface area contributed by atoms with Gasteiger partial charge >= 0.3 is 5.97 Å². The Labute approximate surface area is 52.7 Å². The highest BCUT2D eigenvalue weighted by atomic mass is 16.7. The largest absolute Gasteiger partial charge is 0.340 e. The summed E-state index contributed by atoms with van der Waals surface area (Å²) in [4.78, 5) is 14.7. The molecule has 1 rings (SSSR count). The molecule has 0 amide bonds. The SMILES string of the molecule is NCCC1=NOC(=O)C1. The van der Waals surface area contributed by atoms with Crippen molar-refractivity contribution in [1.82, 2.24) is 0 Å². The van der Waals surface area contributed by atoms with E-state index in [4.69, 9.17) is 5.73 Å². The van der Waals surface area contributed by atoms with Crippen molar-refractivity contribution >= 4 is 11.7 Å². The molecular weight excluding hydrogens is 120 g/mol. The standard InChI is InChI=1S/C5H8N2O2/c6-2-1-4-3-5(8)9-7-4/h1-3,6H2. The minimum absolute atomic E-state index is 0.279. The van der Waals surface area contributed by atoms with E-state index in [0.717, 1.165) is 5.71 Å². The van der Waals surface area contributed by atoms with Crippen molar-refractivity contribution < 1.29 is 9.63 Å². The Morgan fingerprint density at radius 1 is 1.78 bits per heavy atom. The fourth-order valence-electron chi connectivity index (χ4n) is 0.647. The second-order valence-corrected chi connectivity index (χ2v) is 1.84. The lowest BCUT2D eigenvalue weighted by atomic mass is 10.2. The van der Waals surface area contributed by atoms with Gasteiger partial charge in [-0.3, -0.25) is 0 Å². The van der Waals surface area contributed by atoms with Gasteiger partial charge in [-0.15, -0.1) is 0 Å². The second kappa shape index (κ2) is 2.59. The molecule has 0 atom stereocenters. The highest BCUT2D eigenvalue weighted by molar-refractivity contribution is 6.01. The van der Waals surface area contributed by atoms with Crippen molar-refractivity contribution in [2.45, 2.75) is 12.8 Å². The van der Waals surface area contributed by atoms with Gasteiger partial charge in [-0.1, -0.05) is 5.16 Å². The van der Waals surface area contributed by atoms with E-state index >= 15 is 0 Å². The maximum absolute atomic E-state index is 10.4. The molecule has 0 bridgehead atoms. The first-order valence-electron chi connectivity index (χ1n) is 2.78. The number of hydrogen-bond acceptors (Lipinski definition) is 4. The van der Waals surface area contributed by atoms with E-state index in [1.807, 2.05) is 0 Å². The normalized spacial score (nSPS) is 17.4. The monoisotopic (exact) mass is 128 g/mol. The van der Waals surface area contributed by atoms with Crippen molar-refractivity contribution in [1.29, 1.82) is 0 Å². The number of rotatable bonds is 2. The number of carbonyl (C=O) groups is 1. The molecule has 0 aromatic heterocycles. The molecule has 0 saturated heterocycles. The zero-order valence-electron chi connectivity index (χ0n) is 4.96. The van der Waals surface area contributed by atoms with Crippen LogP contribution in [0.25, 0.3) is 0 Å². The molecular formula is C5H8N2O2. The predicted octanol–water partition coefficient (Wildman–Crippen LogP) is -0.362. The number of hydrogen-bond donors (Lipinski definition) is 1. The molecule has 0 saturated carbocycles. The molecule has 50 valence electrons. The molecule has 1 aliphatic rings. The summed E-state index contributed by atoms with van der Waals surface area (Å²) in [7, 11) is 0. The molecule has 4 heteroatoms. The Kier molecular flexibility index (Phi) is 1.79. The molecule has 0 radical (unpaired) electrons. The van der Waals surface area contributed by atoms with Gasteiger partial charge in [0, 0.05) is 6.42 Å².